The Morgan fingerprint density at radius 1 is 0.971 bits per heavy atom. The first kappa shape index (κ1) is 23.0. The summed E-state index contributed by atoms with van der Waals surface area (Å²) >= 11 is 0. The molecule has 4 rings (SSSR count). The van der Waals surface area contributed by atoms with Gasteiger partial charge in [-0.25, -0.2) is 9.78 Å². The number of rotatable bonds is 5. The maximum absolute atomic E-state index is 13.3. The number of pyridine rings is 1. The zero-order chi connectivity index (χ0) is 24.5. The molecule has 0 aliphatic carbocycles. The van der Waals surface area contributed by atoms with Gasteiger partial charge < -0.3 is 5.32 Å². The molecule has 174 valence electrons. The number of halogens is 3. The minimum absolute atomic E-state index is 0.0306. The summed E-state index contributed by atoms with van der Waals surface area (Å²) in [4.78, 5) is 43.0. The van der Waals surface area contributed by atoms with Crippen molar-refractivity contribution in [3.63, 3.8) is 0 Å². The molecule has 0 bridgehead atoms. The number of aromatic nitrogens is 3. The summed E-state index contributed by atoms with van der Waals surface area (Å²) in [7, 11) is 0. The number of anilines is 1. The molecule has 10 heteroatoms. The molecular weight excluding hydrogens is 449 g/mol. The first-order valence-corrected chi connectivity index (χ1v) is 10.2. The number of fused-ring (bicyclic) bond motifs is 1. The quantitative estimate of drug-likeness (QED) is 0.485. The molecule has 0 unspecified atom stereocenters. The number of hydrogen-bond acceptors (Lipinski definition) is 4. The Kier molecular flexibility index (Phi) is 6.06. The number of carbonyl (C=O) groups is 1. The van der Waals surface area contributed by atoms with E-state index in [2.05, 4.69) is 10.3 Å². The average molecular weight is 468 g/mol. The zero-order valence-electron chi connectivity index (χ0n) is 18.0. The van der Waals surface area contributed by atoms with Gasteiger partial charge >= 0.3 is 11.9 Å². The Bertz CT molecular complexity index is 1490. The van der Waals surface area contributed by atoms with Crippen molar-refractivity contribution in [3.8, 4) is 0 Å². The van der Waals surface area contributed by atoms with E-state index in [1.807, 2.05) is 19.1 Å². The van der Waals surface area contributed by atoms with E-state index in [-0.39, 0.29) is 17.6 Å². The van der Waals surface area contributed by atoms with Crippen LogP contribution in [-0.4, -0.2) is 20.0 Å². The van der Waals surface area contributed by atoms with E-state index < -0.39 is 41.1 Å². The van der Waals surface area contributed by atoms with Gasteiger partial charge in [-0.05, 0) is 36.8 Å². The summed E-state index contributed by atoms with van der Waals surface area (Å²) in [5.41, 5.74) is -1.14. The Balaban J connectivity index is 1.74. The first-order valence-electron chi connectivity index (χ1n) is 10.2. The second-order valence-corrected chi connectivity index (χ2v) is 7.71. The number of alkyl halides is 3. The van der Waals surface area contributed by atoms with Crippen molar-refractivity contribution < 1.29 is 18.0 Å². The van der Waals surface area contributed by atoms with Crippen LogP contribution in [0.1, 0.15) is 16.7 Å². The van der Waals surface area contributed by atoms with Gasteiger partial charge in [-0.2, -0.15) is 13.2 Å². The van der Waals surface area contributed by atoms with Gasteiger partial charge in [0.15, 0.2) is 0 Å². The predicted molar refractivity (Wildman–Crippen MR) is 121 cm³/mol. The molecule has 0 aliphatic rings. The maximum Gasteiger partial charge on any atom is 0.418 e. The van der Waals surface area contributed by atoms with Crippen LogP contribution in [0.5, 0.6) is 0 Å². The number of carbonyl (C=O) groups excluding carboxylic acids is 1. The Hall–Kier alpha value is -4.21. The lowest BCUT2D eigenvalue weighted by Crippen LogP contribution is -2.42. The third kappa shape index (κ3) is 4.61. The summed E-state index contributed by atoms with van der Waals surface area (Å²) < 4.78 is 41.8. The summed E-state index contributed by atoms with van der Waals surface area (Å²) in [5, 5.41) is 2.32. The molecule has 2 heterocycles. The van der Waals surface area contributed by atoms with Gasteiger partial charge in [-0.3, -0.25) is 18.7 Å². The van der Waals surface area contributed by atoms with Gasteiger partial charge in [-0.1, -0.05) is 42.0 Å². The molecular formula is C24H19F3N4O3. The highest BCUT2D eigenvalue weighted by Crippen LogP contribution is 2.34. The van der Waals surface area contributed by atoms with Crippen LogP contribution in [0.25, 0.3) is 11.0 Å². The van der Waals surface area contributed by atoms with E-state index in [1.54, 1.807) is 12.1 Å². The van der Waals surface area contributed by atoms with Gasteiger partial charge in [0, 0.05) is 6.20 Å². The topological polar surface area (TPSA) is 86.0 Å². The molecule has 1 amide bonds. The summed E-state index contributed by atoms with van der Waals surface area (Å²) in [6.45, 7) is 1.23. The van der Waals surface area contributed by atoms with Crippen LogP contribution in [0.2, 0.25) is 0 Å². The fraction of sp³-hybridized carbons (Fsp3) is 0.167. The third-order valence-electron chi connectivity index (χ3n) is 5.25. The lowest BCUT2D eigenvalue weighted by atomic mass is 10.1. The summed E-state index contributed by atoms with van der Waals surface area (Å²) in [6.07, 6.45) is -3.31. The third-order valence-corrected chi connectivity index (χ3v) is 5.25. The van der Waals surface area contributed by atoms with Crippen LogP contribution in [-0.2, 0) is 24.1 Å². The number of hydrogen-bond donors (Lipinski definition) is 1. The lowest BCUT2D eigenvalue weighted by molar-refractivity contribution is -0.137. The highest BCUT2D eigenvalue weighted by molar-refractivity contribution is 5.92. The van der Waals surface area contributed by atoms with E-state index in [0.717, 1.165) is 26.8 Å². The van der Waals surface area contributed by atoms with Crippen LogP contribution >= 0.6 is 0 Å². The normalized spacial score (nSPS) is 11.5. The van der Waals surface area contributed by atoms with E-state index in [1.165, 1.54) is 30.5 Å². The Labute approximate surface area is 191 Å². The summed E-state index contributed by atoms with van der Waals surface area (Å²) in [6, 6.07) is 14.8. The number of benzene rings is 2. The number of nitrogens with one attached hydrogen (secondary N) is 1. The van der Waals surface area contributed by atoms with E-state index in [9.17, 15) is 27.6 Å². The largest absolute Gasteiger partial charge is 0.418 e. The van der Waals surface area contributed by atoms with Crippen LogP contribution in [0.15, 0.2) is 76.4 Å². The summed E-state index contributed by atoms with van der Waals surface area (Å²) in [5.74, 6) is -0.869. The van der Waals surface area contributed by atoms with Crippen molar-refractivity contribution in [1.82, 2.24) is 14.1 Å². The van der Waals surface area contributed by atoms with Gasteiger partial charge in [-0.15, -0.1) is 0 Å². The van der Waals surface area contributed by atoms with Crippen molar-refractivity contribution in [3.05, 3.63) is 104 Å². The molecule has 2 aromatic carbocycles. The van der Waals surface area contributed by atoms with E-state index >= 15 is 0 Å². The smallest absolute Gasteiger partial charge is 0.324 e. The van der Waals surface area contributed by atoms with Gasteiger partial charge in [0.1, 0.15) is 12.2 Å². The number of nitrogens with zero attached hydrogens (tertiary/aromatic N) is 3. The van der Waals surface area contributed by atoms with Gasteiger partial charge in [0.25, 0.3) is 5.56 Å². The molecule has 0 aliphatic heterocycles. The van der Waals surface area contributed by atoms with Crippen molar-refractivity contribution in [2.45, 2.75) is 26.2 Å². The lowest BCUT2D eigenvalue weighted by Gasteiger charge is -2.15. The SMILES string of the molecule is Cc1ccc(Cn2c(=O)c3cccnc3n(CC(=O)Nc3ccccc3C(F)(F)F)c2=O)cc1. The minimum atomic E-state index is -4.67. The molecule has 7 nitrogen and oxygen atoms in total. The van der Waals surface area contributed by atoms with Crippen molar-refractivity contribution in [1.29, 1.82) is 0 Å². The first-order chi connectivity index (χ1) is 16.1. The second kappa shape index (κ2) is 8.97. The Morgan fingerprint density at radius 3 is 2.38 bits per heavy atom. The minimum Gasteiger partial charge on any atom is -0.324 e. The zero-order valence-corrected chi connectivity index (χ0v) is 18.0. The standard InChI is InChI=1S/C24H19F3N4O3/c1-15-8-10-16(11-9-15)13-31-22(33)17-5-4-12-28-21(17)30(23(31)34)14-20(32)29-19-7-3-2-6-18(19)24(25,26)27/h2-12H,13-14H2,1H3,(H,29,32). The van der Waals surface area contributed by atoms with Gasteiger partial charge in [0.05, 0.1) is 23.2 Å². The number of para-hydroxylation sites is 1. The molecule has 2 aromatic heterocycles. The molecule has 0 saturated carbocycles. The van der Waals surface area contributed by atoms with Crippen LogP contribution < -0.4 is 16.6 Å². The maximum atomic E-state index is 13.3. The average Bonchev–Trinajstić information content (AvgIpc) is 2.80. The molecule has 4 aromatic rings. The fourth-order valence-corrected chi connectivity index (χ4v) is 3.58. The van der Waals surface area contributed by atoms with Crippen LogP contribution in [0.4, 0.5) is 18.9 Å². The van der Waals surface area contributed by atoms with Crippen molar-refractivity contribution in [2.75, 3.05) is 5.32 Å². The van der Waals surface area contributed by atoms with Crippen molar-refractivity contribution >= 4 is 22.6 Å². The molecule has 1 N–H and O–H groups in total. The predicted octanol–water partition coefficient (Wildman–Crippen LogP) is 3.57. The number of amides is 1. The second-order valence-electron chi connectivity index (χ2n) is 7.71. The Morgan fingerprint density at radius 2 is 1.68 bits per heavy atom. The molecule has 34 heavy (non-hydrogen) atoms. The fourth-order valence-electron chi connectivity index (χ4n) is 3.58. The van der Waals surface area contributed by atoms with Crippen molar-refractivity contribution in [2.24, 2.45) is 0 Å². The molecule has 0 atom stereocenters. The van der Waals surface area contributed by atoms with Gasteiger partial charge in [0.2, 0.25) is 5.91 Å². The van der Waals surface area contributed by atoms with E-state index in [4.69, 9.17) is 0 Å². The van der Waals surface area contributed by atoms with Crippen LogP contribution in [0, 0.1) is 6.92 Å². The molecule has 0 spiro atoms. The monoisotopic (exact) mass is 468 g/mol. The highest BCUT2D eigenvalue weighted by atomic mass is 19.4. The van der Waals surface area contributed by atoms with Crippen LogP contribution in [0.3, 0.4) is 0 Å². The number of aryl methyl sites for hydroxylation is 1. The molecule has 0 saturated heterocycles. The van der Waals surface area contributed by atoms with E-state index in [0.29, 0.717) is 5.56 Å². The molecule has 0 fully saturated rings. The highest BCUT2D eigenvalue weighted by Gasteiger charge is 2.33. The molecule has 0 radical (unpaired) electrons.